The number of aliphatic hydroxyl groups excluding tert-OH is 6. The normalized spacial score (nSPS) is 38.9. The second-order valence-electron chi connectivity index (χ2n) is 12.6. The second kappa shape index (κ2) is 14.0. The fraction of sp³-hybridized carbons (Fsp3) is 0.677. The molecule has 252 valence electrons. The molecule has 1 aromatic rings. The number of rotatable bonds is 10. The Hall–Kier alpha value is -2.66. The van der Waals surface area contributed by atoms with Crippen molar-refractivity contribution in [3.63, 3.8) is 0 Å². The molecule has 0 spiro atoms. The van der Waals surface area contributed by atoms with Gasteiger partial charge in [0.15, 0.2) is 12.4 Å². The number of hydrogen-bond donors (Lipinski definition) is 8. The minimum atomic E-state index is -1.85. The molecular formula is C31H44O14. The summed E-state index contributed by atoms with van der Waals surface area (Å²) in [6, 6.07) is 5.97. The Morgan fingerprint density at radius 3 is 2.33 bits per heavy atom. The summed E-state index contributed by atoms with van der Waals surface area (Å²) in [5, 5.41) is 84.2. The Balaban J connectivity index is 1.57. The zero-order chi connectivity index (χ0) is 33.3. The molecule has 1 aliphatic heterocycles. The third-order valence-corrected chi connectivity index (χ3v) is 9.75. The van der Waals surface area contributed by atoms with Gasteiger partial charge < -0.3 is 59.8 Å². The van der Waals surface area contributed by atoms with Crippen LogP contribution >= 0.6 is 0 Å². The van der Waals surface area contributed by atoms with Gasteiger partial charge in [-0.05, 0) is 43.4 Å². The highest BCUT2D eigenvalue weighted by Gasteiger charge is 2.63. The number of aromatic hydroxyl groups is 1. The van der Waals surface area contributed by atoms with Crippen LogP contribution in [0.2, 0.25) is 0 Å². The van der Waals surface area contributed by atoms with Crippen LogP contribution in [-0.2, 0) is 35.0 Å². The first kappa shape index (κ1) is 35.2. The van der Waals surface area contributed by atoms with Crippen LogP contribution in [0.5, 0.6) is 5.75 Å². The van der Waals surface area contributed by atoms with Crippen LogP contribution in [0.1, 0.15) is 38.2 Å². The lowest BCUT2D eigenvalue weighted by atomic mass is 9.50. The second-order valence-corrected chi connectivity index (χ2v) is 12.6. The summed E-state index contributed by atoms with van der Waals surface area (Å²) in [5.74, 6) is -3.55. The summed E-state index contributed by atoms with van der Waals surface area (Å²) in [6.07, 6.45) is -11.3. The third-order valence-electron chi connectivity index (χ3n) is 9.75. The van der Waals surface area contributed by atoms with Crippen molar-refractivity contribution < 1.29 is 69.4 Å². The quantitative estimate of drug-likeness (QED) is 0.109. The van der Waals surface area contributed by atoms with Crippen LogP contribution < -0.4 is 0 Å². The molecule has 4 rings (SSSR count). The Morgan fingerprint density at radius 1 is 1.04 bits per heavy atom. The van der Waals surface area contributed by atoms with Crippen LogP contribution in [0.3, 0.4) is 0 Å². The van der Waals surface area contributed by atoms with Gasteiger partial charge in [0.2, 0.25) is 0 Å². The van der Waals surface area contributed by atoms with Crippen molar-refractivity contribution in [3.05, 3.63) is 42.0 Å². The Labute approximate surface area is 260 Å². The molecule has 12 atom stereocenters. The van der Waals surface area contributed by atoms with Crippen LogP contribution in [0.25, 0.3) is 0 Å². The first-order chi connectivity index (χ1) is 21.2. The molecule has 14 heteroatoms. The minimum absolute atomic E-state index is 0.00677. The van der Waals surface area contributed by atoms with E-state index in [9.17, 15) is 50.4 Å². The smallest absolute Gasteiger partial charge is 0.335 e. The van der Waals surface area contributed by atoms with Gasteiger partial charge in [0.25, 0.3) is 0 Å². The summed E-state index contributed by atoms with van der Waals surface area (Å²) < 4.78 is 21.8. The topological polar surface area (TPSA) is 233 Å². The number of esters is 2. The number of aliphatic hydroxyl groups is 7. The van der Waals surface area contributed by atoms with E-state index >= 15 is 0 Å². The zero-order valence-electron chi connectivity index (χ0n) is 25.3. The molecule has 0 bridgehead atoms. The lowest BCUT2D eigenvalue weighted by Crippen LogP contribution is -2.67. The van der Waals surface area contributed by atoms with Gasteiger partial charge in [-0.2, -0.15) is 0 Å². The van der Waals surface area contributed by atoms with E-state index in [1.54, 1.807) is 19.1 Å². The van der Waals surface area contributed by atoms with Gasteiger partial charge >= 0.3 is 11.9 Å². The van der Waals surface area contributed by atoms with Gasteiger partial charge in [-0.1, -0.05) is 25.6 Å². The van der Waals surface area contributed by atoms with E-state index < -0.39 is 97.0 Å². The van der Waals surface area contributed by atoms with Gasteiger partial charge in [0.1, 0.15) is 36.3 Å². The predicted molar refractivity (Wildman–Crippen MR) is 153 cm³/mol. The standard InChI is InChI=1S/C31H44O14/c1-15(27(39)42-3)18-8-10-30(2)21(45-28(40)19(34)12-16-4-6-17(33)7-5-16)9-11-31(41,26(30)22(18)35)14-43-29-25(38)24(37)23(36)20(13-32)44-29/h4-7,18-26,29,32-38,41H,1,8-14H2,2-3H3/t18?,19?,20-,21?,22?,23-,24+,25-,26?,29-,30?,31?/m1/s1. The van der Waals surface area contributed by atoms with Crippen molar-refractivity contribution in [1.82, 2.24) is 0 Å². The fourth-order valence-corrected chi connectivity index (χ4v) is 7.18. The first-order valence-electron chi connectivity index (χ1n) is 14.9. The molecule has 0 amide bonds. The molecule has 3 fully saturated rings. The maximum absolute atomic E-state index is 13.1. The van der Waals surface area contributed by atoms with Crippen LogP contribution in [-0.4, -0.2) is 128 Å². The van der Waals surface area contributed by atoms with Crippen molar-refractivity contribution in [3.8, 4) is 5.75 Å². The molecule has 1 heterocycles. The zero-order valence-corrected chi connectivity index (χ0v) is 25.3. The molecule has 1 saturated heterocycles. The number of phenols is 1. The van der Waals surface area contributed by atoms with E-state index in [4.69, 9.17) is 18.9 Å². The van der Waals surface area contributed by atoms with E-state index in [2.05, 4.69) is 6.58 Å². The van der Waals surface area contributed by atoms with Crippen LogP contribution in [0.4, 0.5) is 0 Å². The van der Waals surface area contributed by atoms with Crippen LogP contribution in [0.15, 0.2) is 36.4 Å². The SMILES string of the molecule is C=C(C(=O)OC)C1CCC2(C)C(OC(=O)C(O)Cc3ccc(O)cc3)CCC(O)(CO[C@@H]3O[C@H](CO)[C@@H](O)[C@H](O)[C@H]3O)C2C1O. The molecule has 45 heavy (non-hydrogen) atoms. The minimum Gasteiger partial charge on any atom is -0.508 e. The number of hydrogen-bond acceptors (Lipinski definition) is 14. The number of methoxy groups -OCH3 is 1. The number of benzene rings is 1. The third kappa shape index (κ3) is 7.04. The van der Waals surface area contributed by atoms with Crippen molar-refractivity contribution in [1.29, 1.82) is 0 Å². The van der Waals surface area contributed by atoms with Gasteiger partial charge in [-0.3, -0.25) is 0 Å². The van der Waals surface area contributed by atoms with Crippen molar-refractivity contribution in [2.45, 2.75) is 93.6 Å². The van der Waals surface area contributed by atoms with Gasteiger partial charge in [-0.25, -0.2) is 9.59 Å². The van der Waals surface area contributed by atoms with Crippen LogP contribution in [0, 0.1) is 17.3 Å². The predicted octanol–water partition coefficient (Wildman–Crippen LogP) is -1.33. The van der Waals surface area contributed by atoms with E-state index in [-0.39, 0.29) is 43.4 Å². The monoisotopic (exact) mass is 640 g/mol. The van der Waals surface area contributed by atoms with Crippen molar-refractivity contribution >= 4 is 11.9 Å². The lowest BCUT2D eigenvalue weighted by molar-refractivity contribution is -0.319. The average molecular weight is 641 g/mol. The van der Waals surface area contributed by atoms with Crippen molar-refractivity contribution in [2.24, 2.45) is 17.3 Å². The highest BCUT2D eigenvalue weighted by molar-refractivity contribution is 5.88. The maximum Gasteiger partial charge on any atom is 0.335 e. The van der Waals surface area contributed by atoms with E-state index in [1.165, 1.54) is 19.2 Å². The molecule has 14 nitrogen and oxygen atoms in total. The molecular weight excluding hydrogens is 596 g/mol. The maximum atomic E-state index is 13.1. The number of carbonyl (C=O) groups excluding carboxylic acids is 2. The Morgan fingerprint density at radius 2 is 1.71 bits per heavy atom. The molecule has 7 unspecified atom stereocenters. The van der Waals surface area contributed by atoms with E-state index in [0.29, 0.717) is 5.56 Å². The molecule has 0 radical (unpaired) electrons. The molecule has 3 aliphatic rings. The van der Waals surface area contributed by atoms with E-state index in [1.807, 2.05) is 0 Å². The number of ether oxygens (including phenoxy) is 4. The molecule has 1 aromatic carbocycles. The number of fused-ring (bicyclic) bond motifs is 1. The highest BCUT2D eigenvalue weighted by atomic mass is 16.7. The largest absolute Gasteiger partial charge is 0.508 e. The first-order valence-corrected chi connectivity index (χ1v) is 14.9. The Bertz CT molecular complexity index is 1210. The van der Waals surface area contributed by atoms with Gasteiger partial charge in [-0.15, -0.1) is 0 Å². The van der Waals surface area contributed by atoms with Gasteiger partial charge in [0.05, 0.1) is 32.0 Å². The summed E-state index contributed by atoms with van der Waals surface area (Å²) in [7, 11) is 1.18. The number of carbonyl (C=O) groups is 2. The summed E-state index contributed by atoms with van der Waals surface area (Å²) in [4.78, 5) is 25.4. The number of phenolic OH excluding ortho intramolecular Hbond substituents is 1. The summed E-state index contributed by atoms with van der Waals surface area (Å²) >= 11 is 0. The summed E-state index contributed by atoms with van der Waals surface area (Å²) in [6.45, 7) is 4.29. The van der Waals surface area contributed by atoms with Crippen molar-refractivity contribution in [2.75, 3.05) is 20.3 Å². The fourth-order valence-electron chi connectivity index (χ4n) is 7.18. The highest BCUT2D eigenvalue weighted by Crippen LogP contribution is 2.57. The van der Waals surface area contributed by atoms with E-state index in [0.717, 1.165) is 0 Å². The molecule has 8 N–H and O–H groups in total. The average Bonchev–Trinajstić information content (AvgIpc) is 3.01. The summed E-state index contributed by atoms with van der Waals surface area (Å²) in [5.41, 5.74) is -2.38. The molecule has 0 aromatic heterocycles. The Kier molecular flexibility index (Phi) is 10.9. The molecule has 2 saturated carbocycles. The lowest BCUT2D eigenvalue weighted by Gasteiger charge is -2.59. The van der Waals surface area contributed by atoms with Gasteiger partial charge in [0, 0.05) is 29.2 Å². The molecule has 2 aliphatic carbocycles.